The second-order valence-electron chi connectivity index (χ2n) is 5.78. The van der Waals surface area contributed by atoms with E-state index >= 15 is 0 Å². The number of aliphatic hydroxyl groups is 1. The Kier molecular flexibility index (Phi) is 2.97. The Morgan fingerprint density at radius 1 is 1.47 bits per heavy atom. The number of para-hydroxylation sites is 1. The number of hydrogen-bond donors (Lipinski definition) is 1. The van der Waals surface area contributed by atoms with Gasteiger partial charge in [-0.1, -0.05) is 18.2 Å². The summed E-state index contributed by atoms with van der Waals surface area (Å²) in [6.07, 6.45) is 1.81. The Hall–Kier alpha value is -1.55. The van der Waals surface area contributed by atoms with Crippen molar-refractivity contribution in [2.24, 2.45) is 0 Å². The fourth-order valence-corrected chi connectivity index (χ4v) is 2.93. The van der Waals surface area contributed by atoms with Gasteiger partial charge in [0.1, 0.15) is 5.75 Å². The molecule has 2 aliphatic heterocycles. The van der Waals surface area contributed by atoms with E-state index < -0.39 is 11.7 Å². The van der Waals surface area contributed by atoms with Gasteiger partial charge in [0.25, 0.3) is 5.91 Å². The zero-order chi connectivity index (χ0) is 13.5. The van der Waals surface area contributed by atoms with Gasteiger partial charge in [0.15, 0.2) is 6.10 Å². The van der Waals surface area contributed by atoms with Crippen molar-refractivity contribution in [3.63, 3.8) is 0 Å². The van der Waals surface area contributed by atoms with Crippen molar-refractivity contribution in [2.75, 3.05) is 13.1 Å². The van der Waals surface area contributed by atoms with Gasteiger partial charge in [0, 0.05) is 19.5 Å². The van der Waals surface area contributed by atoms with E-state index in [1.165, 1.54) is 0 Å². The SMILES string of the molecule is CC1(O)CCCN(C(=O)C2Cc3ccccc3O2)C1. The van der Waals surface area contributed by atoms with Gasteiger partial charge >= 0.3 is 0 Å². The highest BCUT2D eigenvalue weighted by Gasteiger charge is 2.37. The summed E-state index contributed by atoms with van der Waals surface area (Å²) in [4.78, 5) is 14.2. The first-order valence-corrected chi connectivity index (χ1v) is 6.81. The molecule has 0 spiro atoms. The van der Waals surface area contributed by atoms with Gasteiger partial charge in [-0.15, -0.1) is 0 Å². The number of rotatable bonds is 1. The van der Waals surface area contributed by atoms with E-state index in [0.29, 0.717) is 19.5 Å². The number of nitrogens with zero attached hydrogens (tertiary/aromatic N) is 1. The number of hydrogen-bond acceptors (Lipinski definition) is 3. The molecule has 1 fully saturated rings. The molecule has 3 rings (SSSR count). The van der Waals surface area contributed by atoms with E-state index in [1.54, 1.807) is 11.8 Å². The number of benzene rings is 1. The maximum Gasteiger partial charge on any atom is 0.264 e. The summed E-state index contributed by atoms with van der Waals surface area (Å²) in [6.45, 7) is 2.91. The molecular weight excluding hydrogens is 242 g/mol. The van der Waals surface area contributed by atoms with Crippen LogP contribution in [0.25, 0.3) is 0 Å². The molecule has 0 bridgehead atoms. The molecule has 0 aliphatic carbocycles. The molecule has 102 valence electrons. The molecule has 1 aromatic carbocycles. The summed E-state index contributed by atoms with van der Waals surface area (Å²) in [5.41, 5.74) is 0.323. The number of fused-ring (bicyclic) bond motifs is 1. The zero-order valence-electron chi connectivity index (χ0n) is 11.1. The molecule has 2 atom stereocenters. The van der Waals surface area contributed by atoms with Gasteiger partial charge < -0.3 is 14.7 Å². The monoisotopic (exact) mass is 261 g/mol. The topological polar surface area (TPSA) is 49.8 Å². The molecule has 2 unspecified atom stereocenters. The molecule has 1 N–H and O–H groups in total. The van der Waals surface area contributed by atoms with Gasteiger partial charge in [0.05, 0.1) is 5.60 Å². The second kappa shape index (κ2) is 4.53. The normalized spacial score (nSPS) is 29.8. The predicted molar refractivity (Wildman–Crippen MR) is 71.0 cm³/mol. The molecular formula is C15H19NO3. The summed E-state index contributed by atoms with van der Waals surface area (Å²) >= 11 is 0. The minimum Gasteiger partial charge on any atom is -0.480 e. The third-order valence-electron chi connectivity index (χ3n) is 3.91. The second-order valence-corrected chi connectivity index (χ2v) is 5.78. The fraction of sp³-hybridized carbons (Fsp3) is 0.533. The van der Waals surface area contributed by atoms with Crippen LogP contribution in [0.5, 0.6) is 5.75 Å². The number of piperidine rings is 1. The quantitative estimate of drug-likeness (QED) is 0.830. The van der Waals surface area contributed by atoms with Crippen molar-refractivity contribution in [1.82, 2.24) is 4.90 Å². The van der Waals surface area contributed by atoms with Crippen molar-refractivity contribution in [2.45, 2.75) is 37.9 Å². The Labute approximate surface area is 113 Å². The first-order chi connectivity index (χ1) is 9.05. The van der Waals surface area contributed by atoms with E-state index in [1.807, 2.05) is 24.3 Å². The molecule has 0 saturated carbocycles. The molecule has 2 aliphatic rings. The van der Waals surface area contributed by atoms with Crippen molar-refractivity contribution in [1.29, 1.82) is 0 Å². The average molecular weight is 261 g/mol. The molecule has 1 amide bonds. The number of carbonyl (C=O) groups is 1. The maximum atomic E-state index is 12.4. The molecule has 1 saturated heterocycles. The molecule has 0 aromatic heterocycles. The van der Waals surface area contributed by atoms with Crippen molar-refractivity contribution in [3.8, 4) is 5.75 Å². The van der Waals surface area contributed by atoms with Crippen LogP contribution in [-0.2, 0) is 11.2 Å². The lowest BCUT2D eigenvalue weighted by Crippen LogP contribution is -2.52. The van der Waals surface area contributed by atoms with Gasteiger partial charge in [-0.3, -0.25) is 4.79 Å². The van der Waals surface area contributed by atoms with Crippen LogP contribution in [0.15, 0.2) is 24.3 Å². The van der Waals surface area contributed by atoms with E-state index in [-0.39, 0.29) is 5.91 Å². The third-order valence-corrected chi connectivity index (χ3v) is 3.91. The van der Waals surface area contributed by atoms with E-state index in [4.69, 9.17) is 4.74 Å². The standard InChI is InChI=1S/C15H19NO3/c1-15(18)7-4-8-16(10-15)14(17)13-9-11-5-2-3-6-12(11)19-13/h2-3,5-6,13,18H,4,7-10H2,1H3. The molecule has 4 nitrogen and oxygen atoms in total. The lowest BCUT2D eigenvalue weighted by Gasteiger charge is -2.37. The summed E-state index contributed by atoms with van der Waals surface area (Å²) < 4.78 is 5.72. The summed E-state index contributed by atoms with van der Waals surface area (Å²) in [6, 6.07) is 7.77. The minimum atomic E-state index is -0.765. The third kappa shape index (κ3) is 2.45. The van der Waals surface area contributed by atoms with Crippen molar-refractivity contribution >= 4 is 5.91 Å². The predicted octanol–water partition coefficient (Wildman–Crippen LogP) is 1.36. The number of β-amino-alcohol motifs (C(OH)–C–C–N with tert-alkyl or cyclic N) is 1. The summed E-state index contributed by atoms with van der Waals surface area (Å²) in [7, 11) is 0. The fourth-order valence-electron chi connectivity index (χ4n) is 2.93. The lowest BCUT2D eigenvalue weighted by molar-refractivity contribution is -0.144. The van der Waals surface area contributed by atoms with Crippen molar-refractivity contribution in [3.05, 3.63) is 29.8 Å². The molecule has 1 aromatic rings. The number of carbonyl (C=O) groups excluding carboxylic acids is 1. The van der Waals surface area contributed by atoms with Crippen LogP contribution in [0.2, 0.25) is 0 Å². The van der Waals surface area contributed by atoms with Crippen LogP contribution in [-0.4, -0.2) is 40.7 Å². The molecule has 4 heteroatoms. The van der Waals surface area contributed by atoms with Crippen LogP contribution in [0, 0.1) is 0 Å². The molecule has 2 heterocycles. The Bertz CT molecular complexity index is 473. The highest BCUT2D eigenvalue weighted by molar-refractivity contribution is 5.82. The number of likely N-dealkylation sites (tertiary alicyclic amines) is 1. The molecule has 19 heavy (non-hydrogen) atoms. The number of ether oxygens (including phenoxy) is 1. The Balaban J connectivity index is 1.70. The smallest absolute Gasteiger partial charge is 0.264 e. The van der Waals surface area contributed by atoms with Gasteiger partial charge in [-0.2, -0.15) is 0 Å². The average Bonchev–Trinajstić information content (AvgIpc) is 2.80. The summed E-state index contributed by atoms with van der Waals surface area (Å²) in [5.74, 6) is 0.806. The maximum absolute atomic E-state index is 12.4. The van der Waals surface area contributed by atoms with Crippen LogP contribution >= 0.6 is 0 Å². The van der Waals surface area contributed by atoms with Gasteiger partial charge in [0.2, 0.25) is 0 Å². The highest BCUT2D eigenvalue weighted by Crippen LogP contribution is 2.30. The van der Waals surface area contributed by atoms with Gasteiger partial charge in [-0.25, -0.2) is 0 Å². The largest absolute Gasteiger partial charge is 0.480 e. The van der Waals surface area contributed by atoms with E-state index in [2.05, 4.69) is 0 Å². The lowest BCUT2D eigenvalue weighted by atomic mass is 9.94. The van der Waals surface area contributed by atoms with Crippen LogP contribution < -0.4 is 4.74 Å². The number of amides is 1. The van der Waals surface area contributed by atoms with Crippen molar-refractivity contribution < 1.29 is 14.6 Å². The highest BCUT2D eigenvalue weighted by atomic mass is 16.5. The van der Waals surface area contributed by atoms with Crippen LogP contribution in [0.3, 0.4) is 0 Å². The van der Waals surface area contributed by atoms with E-state index in [0.717, 1.165) is 24.2 Å². The van der Waals surface area contributed by atoms with E-state index in [9.17, 15) is 9.90 Å². The molecule has 0 radical (unpaired) electrons. The zero-order valence-corrected chi connectivity index (χ0v) is 11.1. The summed E-state index contributed by atoms with van der Waals surface area (Å²) in [5, 5.41) is 10.1. The first kappa shape index (κ1) is 12.5. The Morgan fingerprint density at radius 3 is 3.00 bits per heavy atom. The van der Waals surface area contributed by atoms with Gasteiger partial charge in [-0.05, 0) is 31.4 Å². The first-order valence-electron chi connectivity index (χ1n) is 6.81. The minimum absolute atomic E-state index is 0.00354. The Morgan fingerprint density at radius 2 is 2.26 bits per heavy atom. The van der Waals surface area contributed by atoms with Crippen LogP contribution in [0.1, 0.15) is 25.3 Å². The van der Waals surface area contributed by atoms with Crippen LogP contribution in [0.4, 0.5) is 0 Å².